The number of hydrogen-bond donors (Lipinski definition) is 0. The van der Waals surface area contributed by atoms with Gasteiger partial charge in [0.2, 0.25) is 5.91 Å². The minimum atomic E-state index is 0.0803. The van der Waals surface area contributed by atoms with Gasteiger partial charge in [-0.05, 0) is 25.9 Å². The topological polar surface area (TPSA) is 41.4 Å². The van der Waals surface area contributed by atoms with Gasteiger partial charge in [-0.2, -0.15) is 5.10 Å². The second kappa shape index (κ2) is 6.18. The Balaban J connectivity index is 1.62. The smallest absolute Gasteiger partial charge is 0.225 e. The number of likely N-dealkylation sites (tertiary alicyclic amines) is 1. The standard InChI is InChI=1S/C16H26N4O/c1-13(2)16(21)19-8-5-15-14(12-19)11-17-20(15)10-9-18-6-3-4-7-18/h11,13H,3-10,12H2,1-2H3. The van der Waals surface area contributed by atoms with E-state index in [0.717, 1.165) is 32.6 Å². The number of carbonyl (C=O) groups is 1. The van der Waals surface area contributed by atoms with Crippen LogP contribution in [0.1, 0.15) is 37.9 Å². The van der Waals surface area contributed by atoms with Crippen molar-refractivity contribution in [2.75, 3.05) is 26.2 Å². The van der Waals surface area contributed by atoms with E-state index in [4.69, 9.17) is 0 Å². The summed E-state index contributed by atoms with van der Waals surface area (Å²) in [5, 5.41) is 4.55. The zero-order chi connectivity index (χ0) is 14.8. The lowest BCUT2D eigenvalue weighted by Gasteiger charge is -2.29. The van der Waals surface area contributed by atoms with E-state index in [2.05, 4.69) is 14.7 Å². The molecule has 0 aliphatic carbocycles. The summed E-state index contributed by atoms with van der Waals surface area (Å²) in [4.78, 5) is 16.6. The number of aromatic nitrogens is 2. The molecule has 0 atom stereocenters. The molecule has 2 aliphatic rings. The van der Waals surface area contributed by atoms with Crippen molar-refractivity contribution in [3.05, 3.63) is 17.5 Å². The van der Waals surface area contributed by atoms with Gasteiger partial charge in [-0.15, -0.1) is 0 Å². The number of rotatable bonds is 4. The molecule has 0 saturated carbocycles. The first-order valence-electron chi connectivity index (χ1n) is 8.20. The van der Waals surface area contributed by atoms with Crippen LogP contribution in [0.2, 0.25) is 0 Å². The average molecular weight is 290 g/mol. The summed E-state index contributed by atoms with van der Waals surface area (Å²) in [7, 11) is 0. The van der Waals surface area contributed by atoms with Crippen LogP contribution in [0.5, 0.6) is 0 Å². The van der Waals surface area contributed by atoms with Gasteiger partial charge >= 0.3 is 0 Å². The summed E-state index contributed by atoms with van der Waals surface area (Å²) in [6.07, 6.45) is 5.57. The van der Waals surface area contributed by atoms with E-state index in [1.807, 2.05) is 24.9 Å². The molecular weight excluding hydrogens is 264 g/mol. The Morgan fingerprint density at radius 2 is 2.00 bits per heavy atom. The maximum absolute atomic E-state index is 12.1. The molecule has 1 aromatic rings. The van der Waals surface area contributed by atoms with E-state index in [9.17, 15) is 4.79 Å². The fraction of sp³-hybridized carbons (Fsp3) is 0.750. The molecule has 0 aromatic carbocycles. The SMILES string of the molecule is CC(C)C(=O)N1CCc2c(cnn2CCN2CCCC2)C1. The molecule has 3 rings (SSSR count). The highest BCUT2D eigenvalue weighted by atomic mass is 16.2. The van der Waals surface area contributed by atoms with Crippen molar-refractivity contribution in [3.8, 4) is 0 Å². The summed E-state index contributed by atoms with van der Waals surface area (Å²) >= 11 is 0. The number of fused-ring (bicyclic) bond motifs is 1. The third-order valence-electron chi connectivity index (χ3n) is 4.65. The van der Waals surface area contributed by atoms with Crippen molar-refractivity contribution in [2.24, 2.45) is 5.92 Å². The normalized spacial score (nSPS) is 19.3. The maximum Gasteiger partial charge on any atom is 0.225 e. The second-order valence-electron chi connectivity index (χ2n) is 6.55. The number of nitrogens with zero attached hydrogens (tertiary/aromatic N) is 4. The Hall–Kier alpha value is -1.36. The minimum Gasteiger partial charge on any atom is -0.338 e. The number of carbonyl (C=O) groups excluding carboxylic acids is 1. The molecule has 0 spiro atoms. The Morgan fingerprint density at radius 1 is 1.24 bits per heavy atom. The monoisotopic (exact) mass is 290 g/mol. The molecule has 0 N–H and O–H groups in total. The van der Waals surface area contributed by atoms with Crippen LogP contribution in [0.3, 0.4) is 0 Å². The van der Waals surface area contributed by atoms with Crippen LogP contribution in [0.15, 0.2) is 6.20 Å². The highest BCUT2D eigenvalue weighted by Gasteiger charge is 2.25. The maximum atomic E-state index is 12.1. The first-order chi connectivity index (χ1) is 10.1. The molecular formula is C16H26N4O. The van der Waals surface area contributed by atoms with Crippen molar-refractivity contribution in [1.82, 2.24) is 19.6 Å². The van der Waals surface area contributed by atoms with E-state index in [0.29, 0.717) is 0 Å². The molecule has 0 radical (unpaired) electrons. The van der Waals surface area contributed by atoms with Crippen LogP contribution in [-0.2, 0) is 24.3 Å². The van der Waals surface area contributed by atoms with Gasteiger partial charge in [0, 0.05) is 43.2 Å². The van der Waals surface area contributed by atoms with Crippen molar-refractivity contribution < 1.29 is 4.79 Å². The van der Waals surface area contributed by atoms with Crippen LogP contribution in [0.25, 0.3) is 0 Å². The van der Waals surface area contributed by atoms with E-state index in [-0.39, 0.29) is 11.8 Å². The third kappa shape index (κ3) is 3.12. The first-order valence-corrected chi connectivity index (χ1v) is 8.20. The molecule has 5 heteroatoms. The van der Waals surface area contributed by atoms with Gasteiger partial charge in [0.25, 0.3) is 0 Å². The highest BCUT2D eigenvalue weighted by molar-refractivity contribution is 5.78. The van der Waals surface area contributed by atoms with Crippen molar-refractivity contribution in [3.63, 3.8) is 0 Å². The predicted molar refractivity (Wildman–Crippen MR) is 81.9 cm³/mol. The summed E-state index contributed by atoms with van der Waals surface area (Å²) in [6.45, 7) is 10.1. The van der Waals surface area contributed by atoms with Crippen LogP contribution in [0.4, 0.5) is 0 Å². The molecule has 1 aromatic heterocycles. The molecule has 116 valence electrons. The van der Waals surface area contributed by atoms with E-state index in [1.54, 1.807) is 0 Å². The lowest BCUT2D eigenvalue weighted by molar-refractivity contribution is -0.135. The van der Waals surface area contributed by atoms with Gasteiger partial charge in [0.05, 0.1) is 12.7 Å². The molecule has 5 nitrogen and oxygen atoms in total. The van der Waals surface area contributed by atoms with Gasteiger partial charge < -0.3 is 9.80 Å². The van der Waals surface area contributed by atoms with Gasteiger partial charge in [0.15, 0.2) is 0 Å². The zero-order valence-electron chi connectivity index (χ0n) is 13.2. The molecule has 1 fully saturated rings. The number of hydrogen-bond acceptors (Lipinski definition) is 3. The summed E-state index contributed by atoms with van der Waals surface area (Å²) in [5.41, 5.74) is 2.57. The Bertz CT molecular complexity index is 502. The quantitative estimate of drug-likeness (QED) is 0.844. The van der Waals surface area contributed by atoms with Crippen LogP contribution >= 0.6 is 0 Å². The zero-order valence-corrected chi connectivity index (χ0v) is 13.2. The van der Waals surface area contributed by atoms with Crippen molar-refractivity contribution >= 4 is 5.91 Å². The first kappa shape index (κ1) is 14.6. The Labute approximate surface area is 126 Å². The molecule has 0 unspecified atom stereocenters. The van der Waals surface area contributed by atoms with Gasteiger partial charge in [-0.25, -0.2) is 0 Å². The molecule has 1 saturated heterocycles. The predicted octanol–water partition coefficient (Wildman–Crippen LogP) is 1.52. The van der Waals surface area contributed by atoms with Crippen LogP contribution in [-0.4, -0.2) is 51.7 Å². The van der Waals surface area contributed by atoms with E-state index < -0.39 is 0 Å². The fourth-order valence-electron chi connectivity index (χ4n) is 3.38. The second-order valence-corrected chi connectivity index (χ2v) is 6.55. The summed E-state index contributed by atoms with van der Waals surface area (Å²) in [6, 6.07) is 0. The van der Waals surface area contributed by atoms with Crippen LogP contribution < -0.4 is 0 Å². The third-order valence-corrected chi connectivity index (χ3v) is 4.65. The molecule has 2 aliphatic heterocycles. The lowest BCUT2D eigenvalue weighted by Crippen LogP contribution is -2.38. The fourth-order valence-corrected chi connectivity index (χ4v) is 3.38. The van der Waals surface area contributed by atoms with E-state index >= 15 is 0 Å². The lowest BCUT2D eigenvalue weighted by atomic mass is 10.1. The Kier molecular flexibility index (Phi) is 4.29. The van der Waals surface area contributed by atoms with E-state index in [1.165, 1.54) is 37.2 Å². The molecule has 3 heterocycles. The summed E-state index contributed by atoms with van der Waals surface area (Å²) < 4.78 is 2.16. The highest BCUT2D eigenvalue weighted by Crippen LogP contribution is 2.20. The molecule has 21 heavy (non-hydrogen) atoms. The van der Waals surface area contributed by atoms with Crippen molar-refractivity contribution in [1.29, 1.82) is 0 Å². The number of amides is 1. The van der Waals surface area contributed by atoms with Gasteiger partial charge in [-0.3, -0.25) is 9.48 Å². The largest absolute Gasteiger partial charge is 0.338 e. The van der Waals surface area contributed by atoms with Gasteiger partial charge in [-0.1, -0.05) is 13.8 Å². The molecule has 0 bridgehead atoms. The van der Waals surface area contributed by atoms with Crippen molar-refractivity contribution in [2.45, 2.75) is 46.2 Å². The summed E-state index contributed by atoms with van der Waals surface area (Å²) in [5.74, 6) is 0.335. The average Bonchev–Trinajstić information content (AvgIpc) is 3.13. The van der Waals surface area contributed by atoms with Crippen LogP contribution in [0, 0.1) is 5.92 Å². The minimum absolute atomic E-state index is 0.0803. The Morgan fingerprint density at radius 3 is 2.71 bits per heavy atom. The van der Waals surface area contributed by atoms with Gasteiger partial charge in [0.1, 0.15) is 0 Å². The molecule has 1 amide bonds.